The van der Waals surface area contributed by atoms with Crippen LogP contribution in [0.2, 0.25) is 5.02 Å². The molecule has 1 aromatic heterocycles. The third kappa shape index (κ3) is 2.96. The Morgan fingerprint density at radius 3 is 2.88 bits per heavy atom. The number of aromatic nitrogens is 1. The minimum absolute atomic E-state index is 0.151. The van der Waals surface area contributed by atoms with E-state index in [9.17, 15) is 4.79 Å². The SMILES string of the molecule is CC1(NC(=O)c2ccncc2Cl)CCOCC1. The van der Waals surface area contributed by atoms with E-state index in [-0.39, 0.29) is 11.4 Å². The van der Waals surface area contributed by atoms with Crippen molar-refractivity contribution in [2.75, 3.05) is 13.2 Å². The molecule has 1 N–H and O–H groups in total. The molecule has 1 amide bonds. The highest BCUT2D eigenvalue weighted by Gasteiger charge is 2.29. The predicted octanol–water partition coefficient (Wildman–Crippen LogP) is 2.03. The minimum atomic E-state index is -0.206. The van der Waals surface area contributed by atoms with Crippen molar-refractivity contribution >= 4 is 17.5 Å². The van der Waals surface area contributed by atoms with Crippen LogP contribution in [0.3, 0.4) is 0 Å². The Kier molecular flexibility index (Phi) is 3.64. The molecule has 0 saturated carbocycles. The molecule has 1 aliphatic heterocycles. The van der Waals surface area contributed by atoms with Gasteiger partial charge in [0.25, 0.3) is 5.91 Å². The van der Waals surface area contributed by atoms with Crippen molar-refractivity contribution in [3.63, 3.8) is 0 Å². The van der Waals surface area contributed by atoms with Gasteiger partial charge in [0.15, 0.2) is 0 Å². The molecule has 5 heteroatoms. The van der Waals surface area contributed by atoms with Crippen molar-refractivity contribution in [1.82, 2.24) is 10.3 Å². The van der Waals surface area contributed by atoms with Crippen molar-refractivity contribution in [2.45, 2.75) is 25.3 Å². The summed E-state index contributed by atoms with van der Waals surface area (Å²) in [6.45, 7) is 3.39. The second-order valence-electron chi connectivity index (χ2n) is 4.48. The number of halogens is 1. The van der Waals surface area contributed by atoms with E-state index in [0.717, 1.165) is 12.8 Å². The van der Waals surface area contributed by atoms with Crippen LogP contribution in [0, 0.1) is 0 Å². The molecule has 1 saturated heterocycles. The molecule has 92 valence electrons. The Bertz CT molecular complexity index is 417. The van der Waals surface area contributed by atoms with Gasteiger partial charge in [0.2, 0.25) is 0 Å². The van der Waals surface area contributed by atoms with Crippen LogP contribution in [-0.4, -0.2) is 29.6 Å². The zero-order valence-electron chi connectivity index (χ0n) is 9.70. The quantitative estimate of drug-likeness (QED) is 0.879. The minimum Gasteiger partial charge on any atom is -0.381 e. The molecular formula is C12H15ClN2O2. The second kappa shape index (κ2) is 5.02. The van der Waals surface area contributed by atoms with E-state index in [4.69, 9.17) is 16.3 Å². The molecule has 0 unspecified atom stereocenters. The van der Waals surface area contributed by atoms with E-state index >= 15 is 0 Å². The molecule has 2 rings (SSSR count). The highest BCUT2D eigenvalue weighted by molar-refractivity contribution is 6.33. The summed E-state index contributed by atoms with van der Waals surface area (Å²) in [6, 6.07) is 1.63. The monoisotopic (exact) mass is 254 g/mol. The van der Waals surface area contributed by atoms with Gasteiger partial charge in [-0.2, -0.15) is 0 Å². The first-order valence-corrected chi connectivity index (χ1v) is 5.98. The third-order valence-corrected chi connectivity index (χ3v) is 3.33. The van der Waals surface area contributed by atoms with Crippen molar-refractivity contribution in [3.8, 4) is 0 Å². The van der Waals surface area contributed by atoms with Gasteiger partial charge in [0, 0.05) is 31.1 Å². The van der Waals surface area contributed by atoms with Gasteiger partial charge in [-0.1, -0.05) is 11.6 Å². The van der Waals surface area contributed by atoms with Gasteiger partial charge >= 0.3 is 0 Å². The molecule has 0 radical (unpaired) electrons. The Balaban J connectivity index is 2.09. The Morgan fingerprint density at radius 2 is 2.24 bits per heavy atom. The standard InChI is InChI=1S/C12H15ClN2O2/c1-12(3-6-17-7-4-12)15-11(16)9-2-5-14-8-10(9)13/h2,5,8H,3-4,6-7H2,1H3,(H,15,16). The van der Waals surface area contributed by atoms with Gasteiger partial charge in [-0.25, -0.2) is 0 Å². The number of carbonyl (C=O) groups excluding carboxylic acids is 1. The summed E-state index contributed by atoms with van der Waals surface area (Å²) in [5, 5.41) is 3.40. The fourth-order valence-electron chi connectivity index (χ4n) is 1.85. The first-order chi connectivity index (χ1) is 8.11. The lowest BCUT2D eigenvalue weighted by Gasteiger charge is -2.34. The Morgan fingerprint density at radius 1 is 1.53 bits per heavy atom. The van der Waals surface area contributed by atoms with Gasteiger partial charge in [-0.05, 0) is 25.8 Å². The summed E-state index contributed by atoms with van der Waals surface area (Å²) in [4.78, 5) is 15.9. The lowest BCUT2D eigenvalue weighted by Crippen LogP contribution is -2.49. The number of ether oxygens (including phenoxy) is 1. The van der Waals surface area contributed by atoms with Crippen LogP contribution < -0.4 is 5.32 Å². The number of nitrogens with zero attached hydrogens (tertiary/aromatic N) is 1. The smallest absolute Gasteiger partial charge is 0.253 e. The van der Waals surface area contributed by atoms with Crippen LogP contribution in [0.15, 0.2) is 18.5 Å². The Hall–Kier alpha value is -1.13. The van der Waals surface area contributed by atoms with Gasteiger partial charge in [-0.3, -0.25) is 9.78 Å². The van der Waals surface area contributed by atoms with Gasteiger partial charge < -0.3 is 10.1 Å². The van der Waals surface area contributed by atoms with Crippen molar-refractivity contribution < 1.29 is 9.53 Å². The molecule has 1 fully saturated rings. The van der Waals surface area contributed by atoms with Gasteiger partial charge in [-0.15, -0.1) is 0 Å². The summed E-state index contributed by atoms with van der Waals surface area (Å²) in [7, 11) is 0. The van der Waals surface area contributed by atoms with Gasteiger partial charge in [0.1, 0.15) is 0 Å². The summed E-state index contributed by atoms with van der Waals surface area (Å²) >= 11 is 5.93. The fourth-order valence-corrected chi connectivity index (χ4v) is 2.05. The number of pyridine rings is 1. The predicted molar refractivity (Wildman–Crippen MR) is 65.2 cm³/mol. The van der Waals surface area contributed by atoms with E-state index < -0.39 is 0 Å². The Labute approximate surface area is 105 Å². The number of nitrogens with one attached hydrogen (secondary N) is 1. The van der Waals surface area contributed by atoms with Gasteiger partial charge in [0.05, 0.1) is 10.6 Å². The normalized spacial score (nSPS) is 18.7. The second-order valence-corrected chi connectivity index (χ2v) is 4.89. The first kappa shape index (κ1) is 12.3. The molecule has 0 atom stereocenters. The maximum atomic E-state index is 12.1. The molecule has 0 bridgehead atoms. The van der Waals surface area contributed by atoms with E-state index in [1.807, 2.05) is 6.92 Å². The molecule has 2 heterocycles. The highest BCUT2D eigenvalue weighted by atomic mass is 35.5. The number of hydrogen-bond donors (Lipinski definition) is 1. The van der Waals surface area contributed by atoms with Crippen LogP contribution >= 0.6 is 11.6 Å². The van der Waals surface area contributed by atoms with E-state index in [2.05, 4.69) is 10.3 Å². The average molecular weight is 255 g/mol. The first-order valence-electron chi connectivity index (χ1n) is 5.60. The molecule has 1 aliphatic rings. The molecule has 4 nitrogen and oxygen atoms in total. The van der Waals surface area contributed by atoms with Crippen molar-refractivity contribution in [2.24, 2.45) is 0 Å². The van der Waals surface area contributed by atoms with Crippen LogP contribution in [0.1, 0.15) is 30.1 Å². The zero-order valence-corrected chi connectivity index (χ0v) is 10.5. The summed E-state index contributed by atoms with van der Waals surface area (Å²) in [5.74, 6) is -0.151. The van der Waals surface area contributed by atoms with E-state index in [1.165, 1.54) is 6.20 Å². The lowest BCUT2D eigenvalue weighted by molar-refractivity contribution is 0.0423. The highest BCUT2D eigenvalue weighted by Crippen LogP contribution is 2.21. The number of hydrogen-bond acceptors (Lipinski definition) is 3. The molecule has 17 heavy (non-hydrogen) atoms. The van der Waals surface area contributed by atoms with Crippen LogP contribution in [0.5, 0.6) is 0 Å². The number of rotatable bonds is 2. The molecular weight excluding hydrogens is 240 g/mol. The van der Waals surface area contributed by atoms with E-state index in [1.54, 1.807) is 12.3 Å². The lowest BCUT2D eigenvalue weighted by atomic mass is 9.92. The molecule has 1 aromatic rings. The summed E-state index contributed by atoms with van der Waals surface area (Å²) in [5.41, 5.74) is 0.261. The molecule has 0 aromatic carbocycles. The van der Waals surface area contributed by atoms with Crippen molar-refractivity contribution in [1.29, 1.82) is 0 Å². The largest absolute Gasteiger partial charge is 0.381 e. The third-order valence-electron chi connectivity index (χ3n) is 3.03. The average Bonchev–Trinajstić information content (AvgIpc) is 2.29. The maximum Gasteiger partial charge on any atom is 0.253 e. The number of carbonyl (C=O) groups is 1. The summed E-state index contributed by atoms with van der Waals surface area (Å²) < 4.78 is 5.29. The van der Waals surface area contributed by atoms with Crippen LogP contribution in [0.25, 0.3) is 0 Å². The van der Waals surface area contributed by atoms with E-state index in [0.29, 0.717) is 23.8 Å². The zero-order chi connectivity index (χ0) is 12.3. The van der Waals surface area contributed by atoms with Crippen molar-refractivity contribution in [3.05, 3.63) is 29.0 Å². The fraction of sp³-hybridized carbons (Fsp3) is 0.500. The van der Waals surface area contributed by atoms with Crippen LogP contribution in [-0.2, 0) is 4.74 Å². The topological polar surface area (TPSA) is 51.2 Å². The number of amides is 1. The molecule has 0 aliphatic carbocycles. The molecule has 0 spiro atoms. The summed E-state index contributed by atoms with van der Waals surface area (Å²) in [6.07, 6.45) is 4.68. The maximum absolute atomic E-state index is 12.1. The van der Waals surface area contributed by atoms with Crippen LogP contribution in [0.4, 0.5) is 0 Å².